The minimum Gasteiger partial charge on any atom is -0.481 e. The van der Waals surface area contributed by atoms with Crippen molar-refractivity contribution < 1.29 is 18.3 Å². The summed E-state index contributed by atoms with van der Waals surface area (Å²) in [7, 11) is -2.18. The van der Waals surface area contributed by atoms with Gasteiger partial charge < -0.3 is 5.11 Å². The van der Waals surface area contributed by atoms with Gasteiger partial charge in [0.15, 0.2) is 0 Å². The van der Waals surface area contributed by atoms with Gasteiger partial charge in [0.05, 0.1) is 0 Å². The van der Waals surface area contributed by atoms with Crippen LogP contribution >= 0.6 is 0 Å². The molecule has 0 fully saturated rings. The summed E-state index contributed by atoms with van der Waals surface area (Å²) in [5.41, 5.74) is 0.0658. The lowest BCUT2D eigenvalue weighted by molar-refractivity contribution is -0.137. The number of nitrogens with zero attached hydrogens (tertiary/aromatic N) is 1. The lowest BCUT2D eigenvalue weighted by Gasteiger charge is -2.28. The second-order valence-electron chi connectivity index (χ2n) is 5.63. The van der Waals surface area contributed by atoms with Gasteiger partial charge in [0, 0.05) is 25.6 Å². The highest BCUT2D eigenvalue weighted by Crippen LogP contribution is 2.15. The van der Waals surface area contributed by atoms with Crippen molar-refractivity contribution in [2.75, 3.05) is 7.05 Å². The molecular formula is C14H22N2O4S. The Bertz CT molecular complexity index is 570. The molecule has 118 valence electrons. The molecule has 0 aliphatic heterocycles. The van der Waals surface area contributed by atoms with E-state index in [-0.39, 0.29) is 19.4 Å². The Hall–Kier alpha value is -1.44. The van der Waals surface area contributed by atoms with Gasteiger partial charge >= 0.3 is 5.97 Å². The molecule has 1 aromatic rings. The molecule has 2 N–H and O–H groups in total. The van der Waals surface area contributed by atoms with E-state index in [0.29, 0.717) is 0 Å². The molecule has 0 amide bonds. The average molecular weight is 314 g/mol. The highest BCUT2D eigenvalue weighted by molar-refractivity contribution is 7.87. The molecule has 7 heteroatoms. The van der Waals surface area contributed by atoms with Crippen LogP contribution in [0.4, 0.5) is 0 Å². The van der Waals surface area contributed by atoms with Crippen molar-refractivity contribution in [2.45, 2.75) is 38.8 Å². The quantitative estimate of drug-likeness (QED) is 0.763. The lowest BCUT2D eigenvalue weighted by atomic mass is 10.0. The van der Waals surface area contributed by atoms with Crippen LogP contribution in [-0.2, 0) is 21.5 Å². The third-order valence-electron chi connectivity index (χ3n) is 3.03. The smallest absolute Gasteiger partial charge is 0.303 e. The molecule has 0 bridgehead atoms. The highest BCUT2D eigenvalue weighted by Gasteiger charge is 2.28. The van der Waals surface area contributed by atoms with Crippen molar-refractivity contribution in [3.8, 4) is 0 Å². The first-order valence-electron chi connectivity index (χ1n) is 6.63. The fourth-order valence-electron chi connectivity index (χ4n) is 1.82. The van der Waals surface area contributed by atoms with E-state index in [1.54, 1.807) is 13.8 Å². The summed E-state index contributed by atoms with van der Waals surface area (Å²) >= 11 is 0. The summed E-state index contributed by atoms with van der Waals surface area (Å²) < 4.78 is 28.3. The topological polar surface area (TPSA) is 86.7 Å². The van der Waals surface area contributed by atoms with Gasteiger partial charge in [-0.05, 0) is 25.8 Å². The Morgan fingerprint density at radius 1 is 1.29 bits per heavy atom. The van der Waals surface area contributed by atoms with Crippen molar-refractivity contribution in [3.05, 3.63) is 35.9 Å². The number of hydrogen-bond acceptors (Lipinski definition) is 3. The predicted molar refractivity (Wildman–Crippen MR) is 80.9 cm³/mol. The summed E-state index contributed by atoms with van der Waals surface area (Å²) in [6.45, 7) is 3.60. The molecule has 0 heterocycles. The Balaban J connectivity index is 2.69. The van der Waals surface area contributed by atoms with Gasteiger partial charge in [-0.25, -0.2) is 0 Å². The maximum Gasteiger partial charge on any atom is 0.303 e. The second kappa shape index (κ2) is 7.02. The van der Waals surface area contributed by atoms with Crippen LogP contribution in [0.2, 0.25) is 0 Å². The van der Waals surface area contributed by atoms with Gasteiger partial charge in [0.25, 0.3) is 10.2 Å². The molecular weight excluding hydrogens is 292 g/mol. The Morgan fingerprint density at radius 3 is 2.38 bits per heavy atom. The first-order chi connectivity index (χ1) is 9.62. The molecule has 0 radical (unpaired) electrons. The molecule has 0 atom stereocenters. The highest BCUT2D eigenvalue weighted by atomic mass is 32.2. The van der Waals surface area contributed by atoms with Crippen LogP contribution in [0.25, 0.3) is 0 Å². The maximum absolute atomic E-state index is 12.3. The van der Waals surface area contributed by atoms with Crippen LogP contribution in [0.1, 0.15) is 32.3 Å². The molecule has 0 saturated heterocycles. The van der Waals surface area contributed by atoms with E-state index in [9.17, 15) is 13.2 Å². The number of carbonyl (C=O) groups is 1. The lowest BCUT2D eigenvalue weighted by Crippen LogP contribution is -2.49. The van der Waals surface area contributed by atoms with E-state index in [0.717, 1.165) is 5.56 Å². The second-order valence-corrected chi connectivity index (χ2v) is 7.40. The summed E-state index contributed by atoms with van der Waals surface area (Å²) in [5.74, 6) is -0.945. The minimum atomic E-state index is -3.67. The number of carboxylic acid groups (broad SMARTS) is 1. The number of nitrogens with one attached hydrogen (secondary N) is 1. The molecule has 0 aromatic heterocycles. The Morgan fingerprint density at radius 2 is 1.86 bits per heavy atom. The number of hydrogen-bond donors (Lipinski definition) is 2. The Kier molecular flexibility index (Phi) is 5.88. The van der Waals surface area contributed by atoms with Gasteiger partial charge in [-0.3, -0.25) is 4.79 Å². The molecule has 0 aliphatic rings. The largest absolute Gasteiger partial charge is 0.481 e. The van der Waals surface area contributed by atoms with Gasteiger partial charge in [-0.15, -0.1) is 0 Å². The van der Waals surface area contributed by atoms with Crippen LogP contribution in [-0.4, -0.2) is 36.4 Å². The zero-order valence-electron chi connectivity index (χ0n) is 12.5. The van der Waals surface area contributed by atoms with Crippen LogP contribution < -0.4 is 4.72 Å². The number of carboxylic acids is 1. The third-order valence-corrected chi connectivity index (χ3v) is 4.79. The maximum atomic E-state index is 12.3. The molecule has 6 nitrogen and oxygen atoms in total. The van der Waals surface area contributed by atoms with Gasteiger partial charge in [0.2, 0.25) is 0 Å². The summed E-state index contributed by atoms with van der Waals surface area (Å²) in [6.07, 6.45) is 0.138. The van der Waals surface area contributed by atoms with Crippen LogP contribution in [0.15, 0.2) is 30.3 Å². The van der Waals surface area contributed by atoms with E-state index in [1.165, 1.54) is 11.4 Å². The molecule has 0 saturated carbocycles. The Labute approximate surface area is 126 Å². The fraction of sp³-hybridized carbons (Fsp3) is 0.500. The molecule has 0 aliphatic carbocycles. The minimum absolute atomic E-state index is 0.0854. The van der Waals surface area contributed by atoms with Gasteiger partial charge in [0.1, 0.15) is 0 Å². The molecule has 1 rings (SSSR count). The van der Waals surface area contributed by atoms with Crippen molar-refractivity contribution in [1.82, 2.24) is 9.03 Å². The van der Waals surface area contributed by atoms with Crippen LogP contribution in [0, 0.1) is 0 Å². The van der Waals surface area contributed by atoms with E-state index in [2.05, 4.69) is 4.72 Å². The van der Waals surface area contributed by atoms with E-state index in [4.69, 9.17) is 5.11 Å². The molecule has 0 unspecified atom stereocenters. The molecule has 1 aromatic carbocycles. The summed E-state index contributed by atoms with van der Waals surface area (Å²) in [5, 5.41) is 8.69. The molecule has 0 spiro atoms. The van der Waals surface area contributed by atoms with Crippen molar-refractivity contribution >= 4 is 16.2 Å². The zero-order valence-corrected chi connectivity index (χ0v) is 13.4. The van der Waals surface area contributed by atoms with Crippen LogP contribution in [0.3, 0.4) is 0 Å². The number of rotatable bonds is 8. The van der Waals surface area contributed by atoms with Crippen molar-refractivity contribution in [3.63, 3.8) is 0 Å². The van der Waals surface area contributed by atoms with Crippen molar-refractivity contribution in [1.29, 1.82) is 0 Å². The normalized spacial score (nSPS) is 12.6. The fourth-order valence-corrected chi connectivity index (χ4v) is 3.10. The SMILES string of the molecule is CN(Cc1ccccc1)S(=O)(=O)NC(C)(C)CCC(=O)O. The summed E-state index contributed by atoms with van der Waals surface area (Å²) in [4.78, 5) is 10.6. The van der Waals surface area contributed by atoms with Crippen molar-refractivity contribution in [2.24, 2.45) is 0 Å². The van der Waals surface area contributed by atoms with Gasteiger partial charge in [-0.1, -0.05) is 30.3 Å². The molecule has 21 heavy (non-hydrogen) atoms. The van der Waals surface area contributed by atoms with E-state index in [1.807, 2.05) is 30.3 Å². The monoisotopic (exact) mass is 314 g/mol. The predicted octanol–water partition coefficient (Wildman–Crippen LogP) is 1.60. The first kappa shape index (κ1) is 17.6. The zero-order chi connectivity index (χ0) is 16.1. The van der Waals surface area contributed by atoms with Gasteiger partial charge in [-0.2, -0.15) is 17.4 Å². The average Bonchev–Trinajstić information content (AvgIpc) is 2.36. The van der Waals surface area contributed by atoms with E-state index >= 15 is 0 Å². The number of aliphatic carboxylic acids is 1. The third kappa shape index (κ3) is 6.24. The standard InChI is InChI=1S/C14H22N2O4S/c1-14(2,10-9-13(17)18)15-21(19,20)16(3)11-12-7-5-4-6-8-12/h4-8,15H,9-11H2,1-3H3,(H,17,18). The summed E-state index contributed by atoms with van der Waals surface area (Å²) in [6, 6.07) is 9.26. The van der Waals surface area contributed by atoms with Crippen LogP contribution in [0.5, 0.6) is 0 Å². The van der Waals surface area contributed by atoms with E-state index < -0.39 is 21.7 Å². The first-order valence-corrected chi connectivity index (χ1v) is 8.07. The number of benzene rings is 1.